The van der Waals surface area contributed by atoms with Crippen molar-refractivity contribution in [2.24, 2.45) is 0 Å². The summed E-state index contributed by atoms with van der Waals surface area (Å²) in [5.74, 6) is -0.479. The minimum absolute atomic E-state index is 0.00885. The number of rotatable bonds is 8. The molecule has 1 aromatic carbocycles. The van der Waals surface area contributed by atoms with Crippen molar-refractivity contribution in [1.82, 2.24) is 4.98 Å². The van der Waals surface area contributed by atoms with E-state index in [-0.39, 0.29) is 17.7 Å². The first-order chi connectivity index (χ1) is 13.7. The average Bonchev–Trinajstić information content (AvgIpc) is 2.88. The lowest BCUT2D eigenvalue weighted by Crippen LogP contribution is -2.20. The van der Waals surface area contributed by atoms with Crippen molar-refractivity contribution in [2.45, 2.75) is 76.7 Å². The lowest BCUT2D eigenvalue weighted by Gasteiger charge is -2.16. The third-order valence-corrected chi connectivity index (χ3v) is 6.43. The lowest BCUT2D eigenvalue weighted by atomic mass is 9.99. The van der Waals surface area contributed by atoms with Gasteiger partial charge in [-0.15, -0.1) is 0 Å². The van der Waals surface area contributed by atoms with Crippen molar-refractivity contribution < 1.29 is 9.90 Å². The summed E-state index contributed by atoms with van der Waals surface area (Å²) >= 11 is 1.42. The molecule has 5 nitrogen and oxygen atoms in total. The summed E-state index contributed by atoms with van der Waals surface area (Å²) in [6, 6.07) is 9.88. The Kier molecular flexibility index (Phi) is 7.71. The molecule has 1 saturated carbocycles. The van der Waals surface area contributed by atoms with E-state index in [1.807, 2.05) is 30.3 Å². The van der Waals surface area contributed by atoms with Crippen LogP contribution in [0, 0.1) is 0 Å². The summed E-state index contributed by atoms with van der Waals surface area (Å²) in [5, 5.41) is 17.7. The first kappa shape index (κ1) is 20.6. The minimum atomic E-state index is -0.387. The summed E-state index contributed by atoms with van der Waals surface area (Å²) in [6.45, 7) is 2.11. The number of unbranched alkanes of at least 4 members (excludes halogenated alkanes) is 1. The standard InChI is InChI=1S/C22H31N3O2S/c1-2-3-15-18(20(26)23-16-11-9-6-10-12-16)19-21(27)25-22(28-19)24-17-13-7-4-5-8-14-17/h6,9-12,17-18,27H,2-5,7-8,13-15H2,1H3,(H,23,26)(H,24,25). The molecule has 3 N–H and O–H groups in total. The van der Waals surface area contributed by atoms with Crippen LogP contribution in [0.5, 0.6) is 5.88 Å². The Bertz CT molecular complexity index is 739. The van der Waals surface area contributed by atoms with Gasteiger partial charge in [0.15, 0.2) is 5.13 Å². The van der Waals surface area contributed by atoms with Crippen molar-refractivity contribution in [3.8, 4) is 5.88 Å². The van der Waals surface area contributed by atoms with Crippen LogP contribution in [0.4, 0.5) is 10.8 Å². The highest BCUT2D eigenvalue weighted by molar-refractivity contribution is 7.16. The number of aromatic nitrogens is 1. The molecule has 1 aromatic heterocycles. The van der Waals surface area contributed by atoms with E-state index in [4.69, 9.17) is 0 Å². The largest absolute Gasteiger partial charge is 0.492 e. The van der Waals surface area contributed by atoms with Gasteiger partial charge in [-0.05, 0) is 31.4 Å². The van der Waals surface area contributed by atoms with E-state index in [2.05, 4.69) is 22.5 Å². The van der Waals surface area contributed by atoms with Crippen LogP contribution < -0.4 is 10.6 Å². The van der Waals surface area contributed by atoms with E-state index in [1.54, 1.807) is 0 Å². The van der Waals surface area contributed by atoms with Gasteiger partial charge in [0, 0.05) is 11.7 Å². The van der Waals surface area contributed by atoms with Gasteiger partial charge in [-0.25, -0.2) is 0 Å². The molecule has 0 spiro atoms. The van der Waals surface area contributed by atoms with E-state index in [1.165, 1.54) is 37.0 Å². The third kappa shape index (κ3) is 5.71. The predicted molar refractivity (Wildman–Crippen MR) is 116 cm³/mol. The molecule has 1 unspecified atom stereocenters. The quantitative estimate of drug-likeness (QED) is 0.482. The SMILES string of the molecule is CCCCC(C(=O)Nc1ccccc1)c1sc(NC2CCCCCC2)nc1O. The number of nitrogens with one attached hydrogen (secondary N) is 2. The average molecular weight is 402 g/mol. The number of hydrogen-bond donors (Lipinski definition) is 3. The van der Waals surface area contributed by atoms with E-state index in [0.717, 1.165) is 36.5 Å². The molecule has 1 heterocycles. The topological polar surface area (TPSA) is 74.2 Å². The molecule has 0 saturated heterocycles. The molecule has 2 aromatic rings. The minimum Gasteiger partial charge on any atom is -0.492 e. The number of benzene rings is 1. The van der Waals surface area contributed by atoms with Crippen molar-refractivity contribution in [2.75, 3.05) is 10.6 Å². The van der Waals surface area contributed by atoms with Crippen molar-refractivity contribution in [3.63, 3.8) is 0 Å². The van der Waals surface area contributed by atoms with E-state index in [0.29, 0.717) is 17.3 Å². The Morgan fingerprint density at radius 2 is 1.93 bits per heavy atom. The molecule has 0 radical (unpaired) electrons. The fourth-order valence-corrected chi connectivity index (χ4v) is 4.82. The highest BCUT2D eigenvalue weighted by atomic mass is 32.1. The first-order valence-corrected chi connectivity index (χ1v) is 11.3. The maximum atomic E-state index is 13.0. The molecule has 0 bridgehead atoms. The fraction of sp³-hybridized carbons (Fsp3) is 0.545. The van der Waals surface area contributed by atoms with Crippen molar-refractivity contribution in [3.05, 3.63) is 35.2 Å². The maximum Gasteiger partial charge on any atom is 0.232 e. The summed E-state index contributed by atoms with van der Waals surface area (Å²) in [7, 11) is 0. The number of nitrogens with zero attached hydrogens (tertiary/aromatic N) is 1. The molecule has 3 rings (SSSR count). The molecule has 1 atom stereocenters. The van der Waals surface area contributed by atoms with Crippen LogP contribution in [0.25, 0.3) is 0 Å². The van der Waals surface area contributed by atoms with Crippen LogP contribution in [0.3, 0.4) is 0 Å². The highest BCUT2D eigenvalue weighted by Crippen LogP contribution is 2.38. The lowest BCUT2D eigenvalue weighted by molar-refractivity contribution is -0.117. The third-order valence-electron chi connectivity index (χ3n) is 5.34. The van der Waals surface area contributed by atoms with Crippen LogP contribution in [0.15, 0.2) is 30.3 Å². The van der Waals surface area contributed by atoms with Gasteiger partial charge < -0.3 is 15.7 Å². The van der Waals surface area contributed by atoms with Crippen LogP contribution in [-0.2, 0) is 4.79 Å². The Morgan fingerprint density at radius 3 is 2.61 bits per heavy atom. The Balaban J connectivity index is 1.73. The van der Waals surface area contributed by atoms with E-state index < -0.39 is 0 Å². The summed E-state index contributed by atoms with van der Waals surface area (Å²) in [4.78, 5) is 18.0. The maximum absolute atomic E-state index is 13.0. The monoisotopic (exact) mass is 401 g/mol. The van der Waals surface area contributed by atoms with Crippen LogP contribution in [0.1, 0.15) is 75.5 Å². The summed E-state index contributed by atoms with van der Waals surface area (Å²) < 4.78 is 0. The number of anilines is 2. The number of hydrogen-bond acceptors (Lipinski definition) is 5. The molecule has 1 amide bonds. The van der Waals surface area contributed by atoms with Crippen molar-refractivity contribution >= 4 is 28.1 Å². The predicted octanol–water partition coefficient (Wildman–Crippen LogP) is 5.90. The van der Waals surface area contributed by atoms with Gasteiger partial charge in [0.25, 0.3) is 0 Å². The van der Waals surface area contributed by atoms with Crippen molar-refractivity contribution in [1.29, 1.82) is 0 Å². The number of para-hydroxylation sites is 1. The second-order valence-corrected chi connectivity index (χ2v) is 8.62. The molecular weight excluding hydrogens is 370 g/mol. The van der Waals surface area contributed by atoms with Gasteiger partial charge in [0.05, 0.1) is 10.8 Å². The number of carbonyl (C=O) groups is 1. The fourth-order valence-electron chi connectivity index (χ4n) is 3.75. The zero-order chi connectivity index (χ0) is 19.8. The Morgan fingerprint density at radius 1 is 1.21 bits per heavy atom. The van der Waals surface area contributed by atoms with Gasteiger partial charge in [-0.2, -0.15) is 4.98 Å². The zero-order valence-corrected chi connectivity index (χ0v) is 17.4. The smallest absolute Gasteiger partial charge is 0.232 e. The van der Waals surface area contributed by atoms with E-state index in [9.17, 15) is 9.90 Å². The summed E-state index contributed by atoms with van der Waals surface area (Å²) in [5.41, 5.74) is 0.773. The van der Waals surface area contributed by atoms with Gasteiger partial charge in [-0.1, -0.05) is 75.0 Å². The van der Waals surface area contributed by atoms with Crippen LogP contribution in [0.2, 0.25) is 0 Å². The first-order valence-electron chi connectivity index (χ1n) is 10.5. The van der Waals surface area contributed by atoms with Crippen LogP contribution >= 0.6 is 11.3 Å². The Labute approximate surface area is 171 Å². The van der Waals surface area contributed by atoms with Gasteiger partial charge >= 0.3 is 0 Å². The number of amides is 1. The molecule has 1 aliphatic carbocycles. The van der Waals surface area contributed by atoms with Gasteiger partial charge in [0.2, 0.25) is 11.8 Å². The number of carbonyl (C=O) groups excluding carboxylic acids is 1. The normalized spacial score (nSPS) is 16.3. The van der Waals surface area contributed by atoms with Crippen LogP contribution in [-0.4, -0.2) is 22.0 Å². The molecule has 28 heavy (non-hydrogen) atoms. The molecule has 152 valence electrons. The molecule has 1 aliphatic rings. The summed E-state index contributed by atoms with van der Waals surface area (Å²) in [6.07, 6.45) is 9.98. The van der Waals surface area contributed by atoms with E-state index >= 15 is 0 Å². The number of thiazole rings is 1. The Hall–Kier alpha value is -2.08. The highest BCUT2D eigenvalue weighted by Gasteiger charge is 2.27. The second kappa shape index (κ2) is 10.5. The zero-order valence-electron chi connectivity index (χ0n) is 16.6. The molecular formula is C22H31N3O2S. The number of aromatic hydroxyl groups is 1. The molecule has 0 aliphatic heterocycles. The van der Waals surface area contributed by atoms with Gasteiger partial charge in [0.1, 0.15) is 0 Å². The molecule has 1 fully saturated rings. The van der Waals surface area contributed by atoms with Gasteiger partial charge in [-0.3, -0.25) is 4.79 Å². The molecule has 6 heteroatoms. The second-order valence-electron chi connectivity index (χ2n) is 7.59.